The Balaban J connectivity index is 1.28. The molecule has 3 atom stereocenters. The summed E-state index contributed by atoms with van der Waals surface area (Å²) in [5, 5.41) is 14.0. The van der Waals surface area contributed by atoms with Crippen molar-refractivity contribution in [2.75, 3.05) is 25.0 Å². The van der Waals surface area contributed by atoms with Crippen LogP contribution >= 0.6 is 0 Å². The van der Waals surface area contributed by atoms with E-state index in [-0.39, 0.29) is 41.8 Å². The van der Waals surface area contributed by atoms with E-state index in [9.17, 15) is 19.2 Å². The van der Waals surface area contributed by atoms with E-state index in [2.05, 4.69) is 21.0 Å². The highest BCUT2D eigenvalue weighted by Crippen LogP contribution is 2.37. The second-order valence-corrected chi connectivity index (χ2v) is 12.4. The van der Waals surface area contributed by atoms with Gasteiger partial charge < -0.3 is 26.6 Å². The van der Waals surface area contributed by atoms with Crippen LogP contribution in [-0.4, -0.2) is 64.0 Å². The number of nitrogens with one attached hydrogen (secondary N) is 3. The zero-order valence-corrected chi connectivity index (χ0v) is 26.7. The molecule has 5 N–H and O–H groups in total. The average molecular weight is 628 g/mol. The molecule has 2 fully saturated rings. The van der Waals surface area contributed by atoms with Gasteiger partial charge in [-0.3, -0.25) is 23.9 Å². The molecule has 4 amide bonds. The van der Waals surface area contributed by atoms with Crippen LogP contribution in [0.1, 0.15) is 84.7 Å². The van der Waals surface area contributed by atoms with Crippen molar-refractivity contribution in [2.45, 2.75) is 69.9 Å². The van der Waals surface area contributed by atoms with Gasteiger partial charge in [0, 0.05) is 51.3 Å². The van der Waals surface area contributed by atoms with Crippen molar-refractivity contribution in [3.05, 3.63) is 83.2 Å². The number of primary amides is 1. The number of nitrogens with zero attached hydrogens (tertiary/aromatic N) is 3. The molecule has 1 saturated carbocycles. The largest absolute Gasteiger partial charge is 0.364 e. The van der Waals surface area contributed by atoms with Gasteiger partial charge in [0.15, 0.2) is 0 Å². The van der Waals surface area contributed by atoms with Crippen LogP contribution < -0.4 is 21.7 Å². The lowest BCUT2D eigenvalue weighted by atomic mass is 9.78. The van der Waals surface area contributed by atoms with Crippen LogP contribution in [0, 0.1) is 5.92 Å². The van der Waals surface area contributed by atoms with Crippen LogP contribution in [0.4, 0.5) is 5.69 Å². The molecule has 1 aliphatic heterocycles. The van der Waals surface area contributed by atoms with Crippen LogP contribution in [0.2, 0.25) is 0 Å². The summed E-state index contributed by atoms with van der Waals surface area (Å²) < 4.78 is 1.44. The van der Waals surface area contributed by atoms with E-state index >= 15 is 0 Å². The van der Waals surface area contributed by atoms with Gasteiger partial charge in [-0.05, 0) is 48.1 Å². The van der Waals surface area contributed by atoms with E-state index in [0.29, 0.717) is 37.4 Å². The Morgan fingerprint density at radius 3 is 2.39 bits per heavy atom. The number of hydrogen-bond acceptors (Lipinski definition) is 6. The van der Waals surface area contributed by atoms with Gasteiger partial charge in [0.2, 0.25) is 17.7 Å². The smallest absolute Gasteiger partial charge is 0.266 e. The normalized spacial score (nSPS) is 18.4. The van der Waals surface area contributed by atoms with E-state index in [4.69, 9.17) is 5.73 Å². The fraction of sp³-hybridized carbons (Fsp3) is 0.457. The van der Waals surface area contributed by atoms with E-state index in [1.807, 2.05) is 59.5 Å². The minimum Gasteiger partial charge on any atom is -0.364 e. The second-order valence-electron chi connectivity index (χ2n) is 12.4. The molecule has 0 bridgehead atoms. The third-order valence-electron chi connectivity index (χ3n) is 9.18. The number of piperazine rings is 1. The van der Waals surface area contributed by atoms with Crippen molar-refractivity contribution in [1.82, 2.24) is 25.3 Å². The monoisotopic (exact) mass is 627 g/mol. The standard InChI is InChI=1S/C35H45N7O4/c1-3-31(43)39-28(35(46)42-19-18-37-29(22-42)24-10-6-4-7-11-24)20-23-14-16-26(17-15-23)38-34(45)32(25-12-8-5-9-13-25)27-21-30(33(36)44)41(2)40-27/h4,6-7,10-11,14-17,21,25,28-29,32,37H,3,5,8-9,12-13,18-20,22H2,1-2H3,(H2,36,44)(H,38,45)(H,39,43)/t28-,29-,32+/m1/s1. The van der Waals surface area contributed by atoms with Gasteiger partial charge in [-0.15, -0.1) is 0 Å². The Morgan fingerprint density at radius 2 is 1.74 bits per heavy atom. The van der Waals surface area contributed by atoms with E-state index in [0.717, 1.165) is 43.2 Å². The number of benzene rings is 2. The topological polar surface area (TPSA) is 151 Å². The first-order chi connectivity index (χ1) is 22.2. The van der Waals surface area contributed by atoms with Crippen LogP contribution in [0.5, 0.6) is 0 Å². The van der Waals surface area contributed by atoms with E-state index < -0.39 is 17.9 Å². The first-order valence-corrected chi connectivity index (χ1v) is 16.3. The van der Waals surface area contributed by atoms with Gasteiger partial charge in [-0.25, -0.2) is 0 Å². The molecule has 0 radical (unpaired) electrons. The summed E-state index contributed by atoms with van der Waals surface area (Å²) in [5.41, 5.74) is 8.95. The van der Waals surface area contributed by atoms with E-state index in [1.165, 1.54) is 4.68 Å². The Kier molecular flexibility index (Phi) is 10.8. The molecule has 11 heteroatoms. The number of anilines is 1. The highest BCUT2D eigenvalue weighted by Gasteiger charge is 2.34. The predicted molar refractivity (Wildman–Crippen MR) is 176 cm³/mol. The van der Waals surface area contributed by atoms with Gasteiger partial charge in [0.1, 0.15) is 11.7 Å². The fourth-order valence-electron chi connectivity index (χ4n) is 6.68. The van der Waals surface area contributed by atoms with Crippen molar-refractivity contribution in [3.63, 3.8) is 0 Å². The number of aryl methyl sites for hydroxylation is 1. The molecular formula is C35H45N7O4. The molecule has 1 saturated heterocycles. The fourth-order valence-corrected chi connectivity index (χ4v) is 6.68. The van der Waals surface area contributed by atoms with Gasteiger partial charge >= 0.3 is 0 Å². The van der Waals surface area contributed by atoms with Gasteiger partial charge in [-0.2, -0.15) is 5.10 Å². The molecule has 244 valence electrons. The summed E-state index contributed by atoms with van der Waals surface area (Å²) in [7, 11) is 1.66. The lowest BCUT2D eigenvalue weighted by molar-refractivity contribution is -0.137. The molecule has 3 aromatic rings. The zero-order valence-electron chi connectivity index (χ0n) is 26.7. The molecule has 2 aromatic carbocycles. The maximum Gasteiger partial charge on any atom is 0.266 e. The number of rotatable bonds is 11. The second kappa shape index (κ2) is 15.2. The number of aromatic nitrogens is 2. The minimum atomic E-state index is -0.707. The highest BCUT2D eigenvalue weighted by molar-refractivity contribution is 5.97. The SMILES string of the molecule is CCC(=O)N[C@H](Cc1ccc(NC(=O)[C@H](c2cc(C(N)=O)n(C)n2)C2CCCCC2)cc1)C(=O)N1CCN[C@@H](c2ccccc2)C1. The van der Waals surface area contributed by atoms with Crippen LogP contribution in [0.15, 0.2) is 60.7 Å². The molecule has 5 rings (SSSR count). The maximum atomic E-state index is 13.8. The Bertz CT molecular complexity index is 1520. The van der Waals surface area contributed by atoms with Crippen molar-refractivity contribution in [3.8, 4) is 0 Å². The number of carbonyl (C=O) groups excluding carboxylic acids is 4. The molecule has 46 heavy (non-hydrogen) atoms. The molecule has 1 aromatic heterocycles. The lowest BCUT2D eigenvalue weighted by Crippen LogP contribution is -2.55. The first kappa shape index (κ1) is 32.9. The number of nitrogens with two attached hydrogens (primary N) is 1. The summed E-state index contributed by atoms with van der Waals surface area (Å²) in [4.78, 5) is 53.7. The number of hydrogen-bond donors (Lipinski definition) is 4. The third-order valence-corrected chi connectivity index (χ3v) is 9.18. The van der Waals surface area contributed by atoms with Gasteiger partial charge in [0.05, 0.1) is 11.6 Å². The van der Waals surface area contributed by atoms with Crippen LogP contribution in [0.3, 0.4) is 0 Å². The zero-order chi connectivity index (χ0) is 32.6. The molecule has 1 aliphatic carbocycles. The molecule has 0 unspecified atom stereocenters. The molecule has 11 nitrogen and oxygen atoms in total. The summed E-state index contributed by atoms with van der Waals surface area (Å²) in [5.74, 6) is -1.45. The van der Waals surface area contributed by atoms with Crippen molar-refractivity contribution in [1.29, 1.82) is 0 Å². The quantitative estimate of drug-likeness (QED) is 0.256. The number of amides is 4. The minimum absolute atomic E-state index is 0.0234. The summed E-state index contributed by atoms with van der Waals surface area (Å²) in [6.45, 7) is 3.51. The first-order valence-electron chi connectivity index (χ1n) is 16.3. The van der Waals surface area contributed by atoms with Crippen molar-refractivity contribution in [2.24, 2.45) is 18.7 Å². The summed E-state index contributed by atoms with van der Waals surface area (Å²) in [6, 6.07) is 18.4. The molecule has 2 aliphatic rings. The Labute approximate surface area is 270 Å². The van der Waals surface area contributed by atoms with Crippen molar-refractivity contribution >= 4 is 29.3 Å². The van der Waals surface area contributed by atoms with Crippen LogP contribution in [0.25, 0.3) is 0 Å². The number of carbonyl (C=O) groups is 4. The molecular weight excluding hydrogens is 582 g/mol. The average Bonchev–Trinajstić information content (AvgIpc) is 3.46. The van der Waals surface area contributed by atoms with Gasteiger partial charge in [0.25, 0.3) is 5.91 Å². The molecule has 2 heterocycles. The molecule has 0 spiro atoms. The highest BCUT2D eigenvalue weighted by atomic mass is 16.2. The maximum absolute atomic E-state index is 13.8. The Hall–Kier alpha value is -4.51. The predicted octanol–water partition coefficient (Wildman–Crippen LogP) is 3.43. The third kappa shape index (κ3) is 8.00. The van der Waals surface area contributed by atoms with E-state index in [1.54, 1.807) is 20.0 Å². The summed E-state index contributed by atoms with van der Waals surface area (Å²) in [6.07, 6.45) is 5.68. The van der Waals surface area contributed by atoms with Gasteiger partial charge in [-0.1, -0.05) is 68.7 Å². The van der Waals surface area contributed by atoms with Crippen LogP contribution in [-0.2, 0) is 27.9 Å². The van der Waals surface area contributed by atoms with Crippen molar-refractivity contribution < 1.29 is 19.2 Å². The Morgan fingerprint density at radius 1 is 1.02 bits per heavy atom. The lowest BCUT2D eigenvalue weighted by Gasteiger charge is -2.36. The summed E-state index contributed by atoms with van der Waals surface area (Å²) >= 11 is 0.